The lowest BCUT2D eigenvalue weighted by atomic mass is 9.92. The van der Waals surface area contributed by atoms with E-state index in [-0.39, 0.29) is 0 Å². The average molecular weight is 597 g/mol. The number of aromatic nitrogens is 1. The second-order valence-corrected chi connectivity index (χ2v) is 16.0. The molecule has 6 aromatic carbocycles. The van der Waals surface area contributed by atoms with Crippen molar-refractivity contribution in [1.82, 2.24) is 0 Å². The second kappa shape index (κ2) is 11.8. The molecular weight excluding hydrogens is 559 g/mol. The first-order valence-electron chi connectivity index (χ1n) is 15.8. The number of pyridine rings is 1. The molecule has 0 saturated carbocycles. The highest BCUT2D eigenvalue weighted by atomic mass is 28.3. The molecular formula is C43H38NSi+. The standard InChI is InChI=1S/C43H38NSi/c1-31-15-14-16-32(2)42(31)35-23-25-40(33(3)29-35)43-41-26-24-39(30-34(41)27-28-44(43)4)45(36-17-8-5-9-18-36,37-19-10-6-11-20-37)38-21-12-7-13-22-38/h5-30H,1-4H3/q+1. The minimum atomic E-state index is -2.60. The van der Waals surface area contributed by atoms with Crippen LogP contribution in [0.25, 0.3) is 33.2 Å². The molecule has 45 heavy (non-hydrogen) atoms. The van der Waals surface area contributed by atoms with Crippen molar-refractivity contribution in [2.24, 2.45) is 7.05 Å². The Balaban J connectivity index is 1.45. The molecule has 0 atom stereocenters. The largest absolute Gasteiger partial charge is 0.220 e. The van der Waals surface area contributed by atoms with Crippen LogP contribution < -0.4 is 25.3 Å². The third kappa shape index (κ3) is 4.92. The van der Waals surface area contributed by atoms with E-state index in [0.717, 1.165) is 0 Å². The smallest absolute Gasteiger partial charge is 0.200 e. The van der Waals surface area contributed by atoms with Crippen molar-refractivity contribution >= 4 is 39.6 Å². The van der Waals surface area contributed by atoms with Gasteiger partial charge in [-0.2, -0.15) is 0 Å². The van der Waals surface area contributed by atoms with E-state index in [1.54, 1.807) is 0 Å². The van der Waals surface area contributed by atoms with Gasteiger partial charge >= 0.3 is 0 Å². The van der Waals surface area contributed by atoms with Gasteiger partial charge in [-0.3, -0.25) is 0 Å². The van der Waals surface area contributed by atoms with Gasteiger partial charge in [0.05, 0.1) is 5.39 Å². The van der Waals surface area contributed by atoms with Crippen LogP contribution in [0.5, 0.6) is 0 Å². The van der Waals surface area contributed by atoms with Gasteiger partial charge in [-0.25, -0.2) is 4.57 Å². The third-order valence-electron chi connectivity index (χ3n) is 9.44. The topological polar surface area (TPSA) is 3.88 Å². The number of benzene rings is 6. The summed E-state index contributed by atoms with van der Waals surface area (Å²) in [5, 5.41) is 8.09. The predicted octanol–water partition coefficient (Wildman–Crippen LogP) is 7.30. The summed E-state index contributed by atoms with van der Waals surface area (Å²) in [4.78, 5) is 0. The van der Waals surface area contributed by atoms with Crippen LogP contribution in [-0.4, -0.2) is 8.07 Å². The second-order valence-electron chi connectivity index (χ2n) is 12.2. The minimum absolute atomic E-state index is 1.25. The zero-order valence-electron chi connectivity index (χ0n) is 26.5. The number of rotatable bonds is 6. The normalized spacial score (nSPS) is 11.6. The average Bonchev–Trinajstić information content (AvgIpc) is 3.07. The van der Waals surface area contributed by atoms with Crippen LogP contribution in [0.2, 0.25) is 0 Å². The van der Waals surface area contributed by atoms with Gasteiger partial charge in [0.1, 0.15) is 7.05 Å². The summed E-state index contributed by atoms with van der Waals surface area (Å²) < 4.78 is 2.28. The molecule has 0 radical (unpaired) electrons. The molecule has 0 aliphatic heterocycles. The molecule has 0 fully saturated rings. The highest BCUT2D eigenvalue weighted by Crippen LogP contribution is 2.33. The van der Waals surface area contributed by atoms with Crippen molar-refractivity contribution in [3.05, 3.63) is 175 Å². The first-order valence-corrected chi connectivity index (χ1v) is 17.8. The van der Waals surface area contributed by atoms with E-state index in [1.807, 2.05) is 0 Å². The molecule has 1 aromatic heterocycles. The maximum absolute atomic E-state index is 2.60. The number of fused-ring (bicyclic) bond motifs is 1. The molecule has 0 aliphatic carbocycles. The van der Waals surface area contributed by atoms with Gasteiger partial charge in [-0.1, -0.05) is 133 Å². The van der Waals surface area contributed by atoms with Crippen molar-refractivity contribution < 1.29 is 4.57 Å². The lowest BCUT2D eigenvalue weighted by Gasteiger charge is -2.34. The molecule has 218 valence electrons. The van der Waals surface area contributed by atoms with Crippen LogP contribution in [0.15, 0.2) is 158 Å². The Morgan fingerprint density at radius 1 is 0.467 bits per heavy atom. The van der Waals surface area contributed by atoms with Gasteiger partial charge in [0.25, 0.3) is 0 Å². The van der Waals surface area contributed by atoms with Gasteiger partial charge in [0.15, 0.2) is 14.3 Å². The monoisotopic (exact) mass is 596 g/mol. The Kier molecular flexibility index (Phi) is 7.52. The molecule has 0 saturated heterocycles. The first-order chi connectivity index (χ1) is 22.0. The lowest BCUT2D eigenvalue weighted by Crippen LogP contribution is -2.74. The van der Waals surface area contributed by atoms with E-state index in [1.165, 1.54) is 70.6 Å². The van der Waals surface area contributed by atoms with E-state index in [9.17, 15) is 0 Å². The molecule has 0 bridgehead atoms. The maximum Gasteiger partial charge on any atom is 0.220 e. The molecule has 0 unspecified atom stereocenters. The first kappa shape index (κ1) is 28.7. The van der Waals surface area contributed by atoms with Gasteiger partial charge in [0, 0.05) is 11.6 Å². The minimum Gasteiger partial charge on any atom is -0.200 e. The lowest BCUT2D eigenvalue weighted by molar-refractivity contribution is -0.659. The number of nitrogens with zero attached hydrogens (tertiary/aromatic N) is 1. The molecule has 7 aromatic rings. The van der Waals surface area contributed by atoms with Crippen molar-refractivity contribution in [1.29, 1.82) is 0 Å². The molecule has 2 heteroatoms. The predicted molar refractivity (Wildman–Crippen MR) is 194 cm³/mol. The van der Waals surface area contributed by atoms with Crippen LogP contribution in [0, 0.1) is 20.8 Å². The summed E-state index contributed by atoms with van der Waals surface area (Å²) >= 11 is 0. The number of aryl methyl sites for hydroxylation is 4. The Hall–Kier alpha value is -5.05. The van der Waals surface area contributed by atoms with Gasteiger partial charge in [-0.05, 0) is 86.9 Å². The Bertz CT molecular complexity index is 2020. The molecule has 0 N–H and O–H groups in total. The summed E-state index contributed by atoms with van der Waals surface area (Å²) in [7, 11) is -0.436. The van der Waals surface area contributed by atoms with Crippen LogP contribution >= 0.6 is 0 Å². The Labute approximate surface area is 268 Å². The summed E-state index contributed by atoms with van der Waals surface area (Å²) in [6, 6.07) is 56.5. The van der Waals surface area contributed by atoms with Crippen LogP contribution in [-0.2, 0) is 7.05 Å². The fraction of sp³-hybridized carbons (Fsp3) is 0.0930. The van der Waals surface area contributed by atoms with Crippen LogP contribution in [0.3, 0.4) is 0 Å². The molecule has 0 amide bonds. The molecule has 1 heterocycles. The van der Waals surface area contributed by atoms with Crippen LogP contribution in [0.4, 0.5) is 0 Å². The highest BCUT2D eigenvalue weighted by Gasteiger charge is 2.41. The Morgan fingerprint density at radius 2 is 1.02 bits per heavy atom. The molecule has 7 rings (SSSR count). The summed E-state index contributed by atoms with van der Waals surface area (Å²) in [6.07, 6.45) is 2.22. The van der Waals surface area contributed by atoms with Gasteiger partial charge in [0.2, 0.25) is 5.69 Å². The van der Waals surface area contributed by atoms with E-state index in [4.69, 9.17) is 0 Å². The SMILES string of the molecule is Cc1cc(-c2c(C)cccc2C)ccc1-c1c2ccc([Si](c3ccccc3)(c3ccccc3)c3ccccc3)cc2cc[n+]1C. The van der Waals surface area contributed by atoms with Crippen molar-refractivity contribution in [3.8, 4) is 22.4 Å². The number of hydrogen-bond acceptors (Lipinski definition) is 0. The fourth-order valence-electron chi connectivity index (χ4n) is 7.36. The maximum atomic E-state index is 2.47. The fourth-order valence-corrected chi connectivity index (χ4v) is 12.1. The van der Waals surface area contributed by atoms with Crippen LogP contribution in [0.1, 0.15) is 16.7 Å². The zero-order valence-corrected chi connectivity index (χ0v) is 27.5. The summed E-state index contributed by atoms with van der Waals surface area (Å²) in [5.41, 5.74) is 9.04. The Morgan fingerprint density at radius 3 is 1.56 bits per heavy atom. The van der Waals surface area contributed by atoms with Gasteiger partial charge < -0.3 is 0 Å². The molecule has 1 nitrogen and oxygen atoms in total. The molecule has 0 aliphatic rings. The molecule has 0 spiro atoms. The van der Waals surface area contributed by atoms with E-state index in [0.29, 0.717) is 0 Å². The summed E-state index contributed by atoms with van der Waals surface area (Å²) in [6.45, 7) is 6.66. The van der Waals surface area contributed by atoms with Crippen molar-refractivity contribution in [2.45, 2.75) is 20.8 Å². The van der Waals surface area contributed by atoms with Gasteiger partial charge in [-0.15, -0.1) is 0 Å². The quantitative estimate of drug-likeness (QED) is 0.108. The van der Waals surface area contributed by atoms with E-state index < -0.39 is 8.07 Å². The summed E-state index contributed by atoms with van der Waals surface area (Å²) in [5.74, 6) is 0. The number of hydrogen-bond donors (Lipinski definition) is 0. The zero-order chi connectivity index (χ0) is 31.0. The van der Waals surface area contributed by atoms with E-state index in [2.05, 4.69) is 190 Å². The van der Waals surface area contributed by atoms with E-state index >= 15 is 0 Å². The van der Waals surface area contributed by atoms with Crippen molar-refractivity contribution in [2.75, 3.05) is 0 Å². The van der Waals surface area contributed by atoms with Crippen molar-refractivity contribution in [3.63, 3.8) is 0 Å². The third-order valence-corrected chi connectivity index (χ3v) is 14.2. The highest BCUT2D eigenvalue weighted by molar-refractivity contribution is 7.20.